The Morgan fingerprint density at radius 1 is 1.09 bits per heavy atom. The molecule has 1 saturated heterocycles. The van der Waals surface area contributed by atoms with Crippen LogP contribution in [0.1, 0.15) is 51.3 Å². The molecule has 2 aliphatic rings. The summed E-state index contributed by atoms with van der Waals surface area (Å²) in [5.41, 5.74) is 1.56. The highest BCUT2D eigenvalue weighted by molar-refractivity contribution is 7.89. The Balaban J connectivity index is 1.36. The van der Waals surface area contributed by atoms with Crippen LogP contribution in [0, 0.1) is 5.92 Å². The molecule has 188 valence electrons. The average molecular weight is 490 g/mol. The Labute approximate surface area is 204 Å². The van der Waals surface area contributed by atoms with Crippen molar-refractivity contribution in [3.8, 4) is 0 Å². The summed E-state index contributed by atoms with van der Waals surface area (Å²) < 4.78 is 28.3. The van der Waals surface area contributed by atoms with E-state index in [1.807, 2.05) is 17.9 Å². The lowest BCUT2D eigenvalue weighted by Crippen LogP contribution is -2.50. The molecule has 0 unspecified atom stereocenters. The molecule has 0 atom stereocenters. The molecule has 9 heteroatoms. The number of hydrogen-bond acceptors (Lipinski definition) is 5. The van der Waals surface area contributed by atoms with Crippen molar-refractivity contribution < 1.29 is 13.2 Å². The highest BCUT2D eigenvalue weighted by Gasteiger charge is 2.25. The first-order chi connectivity index (χ1) is 16.3. The summed E-state index contributed by atoms with van der Waals surface area (Å²) in [5, 5.41) is 0. The van der Waals surface area contributed by atoms with E-state index in [0.29, 0.717) is 18.4 Å². The number of aryl methyl sites for hydroxylation is 2. The van der Waals surface area contributed by atoms with Gasteiger partial charge in [-0.15, -0.1) is 0 Å². The normalized spacial score (nSPS) is 18.8. The molecule has 1 amide bonds. The molecule has 2 fully saturated rings. The van der Waals surface area contributed by atoms with Crippen molar-refractivity contribution in [3.63, 3.8) is 0 Å². The van der Waals surface area contributed by atoms with Gasteiger partial charge in [-0.25, -0.2) is 17.7 Å². The van der Waals surface area contributed by atoms with Gasteiger partial charge in [0.2, 0.25) is 15.9 Å². The zero-order valence-electron chi connectivity index (χ0n) is 20.9. The largest absolute Gasteiger partial charge is 0.340 e. The molecule has 8 nitrogen and oxygen atoms in total. The molecule has 1 aromatic heterocycles. The summed E-state index contributed by atoms with van der Waals surface area (Å²) >= 11 is 0. The molecule has 1 aromatic carbocycles. The molecule has 34 heavy (non-hydrogen) atoms. The lowest BCUT2D eigenvalue weighted by atomic mass is 9.89. The van der Waals surface area contributed by atoms with Crippen molar-refractivity contribution >= 4 is 27.0 Å². The summed E-state index contributed by atoms with van der Waals surface area (Å²) in [7, 11) is -0.464. The van der Waals surface area contributed by atoms with Gasteiger partial charge in [0, 0.05) is 66.2 Å². The number of sulfonamides is 1. The van der Waals surface area contributed by atoms with E-state index < -0.39 is 10.0 Å². The first-order valence-corrected chi connectivity index (χ1v) is 14.2. The number of rotatable bonds is 8. The molecule has 0 spiro atoms. The number of benzene rings is 1. The minimum atomic E-state index is -3.51. The SMILES string of the molecule is CCn1c(CCC(=O)N2CCN(CC3CCCCC3)CC2)nc2cc(S(=O)(=O)N(C)C)ccc21. The topological polar surface area (TPSA) is 78.8 Å². The van der Waals surface area contributed by atoms with Crippen LogP contribution in [-0.2, 0) is 27.8 Å². The summed E-state index contributed by atoms with van der Waals surface area (Å²) in [5.74, 6) is 1.86. The number of carbonyl (C=O) groups excluding carboxylic acids is 1. The molecule has 0 bridgehead atoms. The van der Waals surface area contributed by atoms with Gasteiger partial charge in [0.15, 0.2) is 0 Å². The zero-order chi connectivity index (χ0) is 24.3. The van der Waals surface area contributed by atoms with Crippen LogP contribution in [-0.4, -0.2) is 84.8 Å². The number of aromatic nitrogens is 2. The van der Waals surface area contributed by atoms with Crippen LogP contribution in [0.4, 0.5) is 0 Å². The summed E-state index contributed by atoms with van der Waals surface area (Å²) in [6, 6.07) is 5.08. The highest BCUT2D eigenvalue weighted by atomic mass is 32.2. The molecule has 0 radical (unpaired) electrons. The lowest BCUT2D eigenvalue weighted by Gasteiger charge is -2.37. The smallest absolute Gasteiger partial charge is 0.242 e. The van der Waals surface area contributed by atoms with E-state index in [4.69, 9.17) is 4.98 Å². The highest BCUT2D eigenvalue weighted by Crippen LogP contribution is 2.25. The number of carbonyl (C=O) groups is 1. The number of nitrogens with zero attached hydrogens (tertiary/aromatic N) is 5. The van der Waals surface area contributed by atoms with Gasteiger partial charge >= 0.3 is 0 Å². The average Bonchev–Trinajstić information content (AvgIpc) is 3.20. The Morgan fingerprint density at radius 3 is 2.44 bits per heavy atom. The van der Waals surface area contributed by atoms with Crippen molar-refractivity contribution in [3.05, 3.63) is 24.0 Å². The van der Waals surface area contributed by atoms with Crippen molar-refractivity contribution in [2.24, 2.45) is 5.92 Å². The van der Waals surface area contributed by atoms with Gasteiger partial charge in [-0.05, 0) is 43.9 Å². The molecule has 1 aliphatic heterocycles. The molecule has 0 N–H and O–H groups in total. The standard InChI is InChI=1S/C25H39N5O3S/c1-4-30-23-11-10-21(34(32,33)27(2)3)18-22(23)26-24(30)12-13-25(31)29-16-14-28(15-17-29)19-20-8-6-5-7-9-20/h10-11,18,20H,4-9,12-17,19H2,1-3H3. The maximum Gasteiger partial charge on any atom is 0.242 e. The quantitative estimate of drug-likeness (QED) is 0.570. The van der Waals surface area contributed by atoms with Gasteiger partial charge in [0.1, 0.15) is 5.82 Å². The molecule has 2 aromatic rings. The Kier molecular flexibility index (Phi) is 7.94. The Hall–Kier alpha value is -1.97. The molecular formula is C25H39N5O3S. The second-order valence-electron chi connectivity index (χ2n) is 9.90. The van der Waals surface area contributed by atoms with Crippen LogP contribution >= 0.6 is 0 Å². The minimum Gasteiger partial charge on any atom is -0.340 e. The third-order valence-corrected chi connectivity index (χ3v) is 9.23. The molecule has 4 rings (SSSR count). The van der Waals surface area contributed by atoms with Crippen LogP contribution in [0.3, 0.4) is 0 Å². The summed E-state index contributed by atoms with van der Waals surface area (Å²) in [6.07, 6.45) is 7.84. The van der Waals surface area contributed by atoms with E-state index in [-0.39, 0.29) is 10.8 Å². The fourth-order valence-electron chi connectivity index (χ4n) is 5.37. The van der Waals surface area contributed by atoms with Crippen LogP contribution in [0.25, 0.3) is 11.0 Å². The monoisotopic (exact) mass is 489 g/mol. The molecule has 1 aliphatic carbocycles. The lowest BCUT2D eigenvalue weighted by molar-refractivity contribution is -0.133. The van der Waals surface area contributed by atoms with Gasteiger partial charge in [-0.1, -0.05) is 19.3 Å². The van der Waals surface area contributed by atoms with Crippen molar-refractivity contribution in [1.29, 1.82) is 0 Å². The first kappa shape index (κ1) is 25.1. The van der Waals surface area contributed by atoms with E-state index >= 15 is 0 Å². The Bertz CT molecular complexity index is 1100. The van der Waals surface area contributed by atoms with Crippen molar-refractivity contribution in [1.82, 2.24) is 23.7 Å². The maximum absolute atomic E-state index is 12.9. The van der Waals surface area contributed by atoms with Gasteiger partial charge < -0.3 is 9.47 Å². The molecule has 1 saturated carbocycles. The third-order valence-electron chi connectivity index (χ3n) is 7.42. The van der Waals surface area contributed by atoms with E-state index in [9.17, 15) is 13.2 Å². The van der Waals surface area contributed by atoms with Crippen molar-refractivity contribution in [2.45, 2.75) is 63.3 Å². The second-order valence-corrected chi connectivity index (χ2v) is 12.0. The fraction of sp³-hybridized carbons (Fsp3) is 0.680. The van der Waals surface area contributed by atoms with Crippen LogP contribution < -0.4 is 0 Å². The predicted octanol–water partition coefficient (Wildman–Crippen LogP) is 2.96. The minimum absolute atomic E-state index is 0.183. The Morgan fingerprint density at radius 2 is 1.79 bits per heavy atom. The van der Waals surface area contributed by atoms with Gasteiger partial charge in [-0.3, -0.25) is 9.69 Å². The fourth-order valence-corrected chi connectivity index (χ4v) is 6.29. The molecular weight excluding hydrogens is 450 g/mol. The summed E-state index contributed by atoms with van der Waals surface area (Å²) in [4.78, 5) is 22.4. The number of piperazine rings is 1. The predicted molar refractivity (Wildman–Crippen MR) is 134 cm³/mol. The van der Waals surface area contributed by atoms with E-state index in [1.54, 1.807) is 12.1 Å². The van der Waals surface area contributed by atoms with Gasteiger partial charge in [-0.2, -0.15) is 0 Å². The van der Waals surface area contributed by atoms with Crippen LogP contribution in [0.15, 0.2) is 23.1 Å². The van der Waals surface area contributed by atoms with E-state index in [1.165, 1.54) is 57.0 Å². The number of fused-ring (bicyclic) bond motifs is 1. The van der Waals surface area contributed by atoms with E-state index in [0.717, 1.165) is 50.0 Å². The van der Waals surface area contributed by atoms with E-state index in [2.05, 4.69) is 9.47 Å². The maximum atomic E-state index is 12.9. The number of amides is 1. The number of hydrogen-bond donors (Lipinski definition) is 0. The van der Waals surface area contributed by atoms with Crippen LogP contribution in [0.5, 0.6) is 0 Å². The third kappa shape index (κ3) is 5.47. The molecule has 2 heterocycles. The summed E-state index contributed by atoms with van der Waals surface area (Å²) in [6.45, 7) is 7.51. The van der Waals surface area contributed by atoms with Crippen molar-refractivity contribution in [2.75, 3.05) is 46.8 Å². The van der Waals surface area contributed by atoms with Crippen LogP contribution in [0.2, 0.25) is 0 Å². The van der Waals surface area contributed by atoms with Gasteiger partial charge in [0.05, 0.1) is 15.9 Å². The van der Waals surface area contributed by atoms with Gasteiger partial charge in [0.25, 0.3) is 0 Å². The second kappa shape index (κ2) is 10.7. The first-order valence-electron chi connectivity index (χ1n) is 12.7. The number of imidazole rings is 1. The zero-order valence-corrected chi connectivity index (χ0v) is 21.7.